The maximum atomic E-state index is 12.4. The molecule has 0 aliphatic heterocycles. The van der Waals surface area contributed by atoms with E-state index in [-0.39, 0.29) is 15.9 Å². The average Bonchev–Trinajstić information content (AvgIpc) is 3.09. The average molecular weight is 514 g/mol. The van der Waals surface area contributed by atoms with Gasteiger partial charge in [-0.1, -0.05) is 24.3 Å². The van der Waals surface area contributed by atoms with E-state index in [1.54, 1.807) is 18.2 Å². The maximum Gasteiger partial charge on any atom is 0.263 e. The van der Waals surface area contributed by atoms with E-state index in [0.717, 1.165) is 8.58 Å². The van der Waals surface area contributed by atoms with E-state index < -0.39 is 10.0 Å². The highest BCUT2D eigenvalue weighted by molar-refractivity contribution is 14.1. The molecule has 0 atom stereocenters. The molecule has 3 rings (SSSR count). The summed E-state index contributed by atoms with van der Waals surface area (Å²) in [5.41, 5.74) is 1.03. The quantitative estimate of drug-likeness (QED) is 0.488. The zero-order valence-electron chi connectivity index (χ0n) is 14.1. The number of anilines is 2. The molecule has 0 saturated carbocycles. The van der Waals surface area contributed by atoms with E-state index >= 15 is 0 Å². The summed E-state index contributed by atoms with van der Waals surface area (Å²) < 4.78 is 28.2. The molecule has 0 saturated heterocycles. The van der Waals surface area contributed by atoms with Crippen LogP contribution in [0.5, 0.6) is 0 Å². The molecule has 0 spiro atoms. The first kappa shape index (κ1) is 19.7. The number of halogens is 1. The second kappa shape index (κ2) is 8.31. The van der Waals surface area contributed by atoms with Crippen LogP contribution in [0.25, 0.3) is 0 Å². The van der Waals surface area contributed by atoms with Crippen LogP contribution in [0.1, 0.15) is 22.3 Å². The summed E-state index contributed by atoms with van der Waals surface area (Å²) in [5.74, 6) is -0.261. The number of amides is 1. The zero-order valence-corrected chi connectivity index (χ0v) is 17.9. The molecule has 2 N–H and O–H groups in total. The van der Waals surface area contributed by atoms with Gasteiger partial charge in [0.1, 0.15) is 5.01 Å². The predicted octanol–water partition coefficient (Wildman–Crippen LogP) is 3.76. The van der Waals surface area contributed by atoms with Crippen molar-refractivity contribution in [1.29, 1.82) is 0 Å². The van der Waals surface area contributed by atoms with Crippen molar-refractivity contribution in [3.8, 4) is 0 Å². The minimum absolute atomic E-state index is 0.0722. The molecule has 0 aliphatic rings. The van der Waals surface area contributed by atoms with Crippen molar-refractivity contribution >= 4 is 60.7 Å². The first-order chi connectivity index (χ1) is 12.9. The number of nitrogens with zero attached hydrogens (tertiary/aromatic N) is 2. The van der Waals surface area contributed by atoms with Gasteiger partial charge in [0, 0.05) is 14.8 Å². The predicted molar refractivity (Wildman–Crippen MR) is 114 cm³/mol. The van der Waals surface area contributed by atoms with Gasteiger partial charge in [-0.2, -0.15) is 0 Å². The molecule has 7 nitrogen and oxygen atoms in total. The van der Waals surface area contributed by atoms with Gasteiger partial charge in [-0.05, 0) is 71.5 Å². The molecular weight excluding hydrogens is 499 g/mol. The molecule has 1 amide bonds. The third kappa shape index (κ3) is 5.02. The van der Waals surface area contributed by atoms with Crippen molar-refractivity contribution in [3.63, 3.8) is 0 Å². The van der Waals surface area contributed by atoms with E-state index in [0.29, 0.717) is 17.7 Å². The third-order valence-corrected chi connectivity index (χ3v) is 6.64. The van der Waals surface area contributed by atoms with Crippen molar-refractivity contribution < 1.29 is 13.2 Å². The minimum atomic E-state index is -3.77. The van der Waals surface area contributed by atoms with Gasteiger partial charge in [-0.3, -0.25) is 9.52 Å². The van der Waals surface area contributed by atoms with E-state index in [2.05, 4.69) is 42.8 Å². The van der Waals surface area contributed by atoms with Crippen LogP contribution in [0, 0.1) is 3.57 Å². The van der Waals surface area contributed by atoms with Crippen molar-refractivity contribution in [2.75, 3.05) is 10.0 Å². The Morgan fingerprint density at radius 3 is 2.52 bits per heavy atom. The molecule has 0 radical (unpaired) electrons. The number of hydrogen-bond donors (Lipinski definition) is 2. The Morgan fingerprint density at radius 1 is 1.15 bits per heavy atom. The number of aryl methyl sites for hydroxylation is 1. The summed E-state index contributed by atoms with van der Waals surface area (Å²) >= 11 is 3.33. The van der Waals surface area contributed by atoms with Crippen LogP contribution >= 0.6 is 33.9 Å². The van der Waals surface area contributed by atoms with Gasteiger partial charge >= 0.3 is 0 Å². The zero-order chi connectivity index (χ0) is 19.4. The Morgan fingerprint density at radius 2 is 1.89 bits per heavy atom. The van der Waals surface area contributed by atoms with Crippen molar-refractivity contribution in [3.05, 3.63) is 62.7 Å². The first-order valence-corrected chi connectivity index (χ1v) is 11.3. The second-order valence-electron chi connectivity index (χ2n) is 5.45. The Hall–Kier alpha value is -2.05. The standard InChI is InChI=1S/C17H15IN4O3S2/c1-2-15-20-21-17(26-15)22-27(24,25)14-8-6-13(7-9-14)19-16(23)11-4-3-5-12(18)10-11/h3-10H,2H2,1H3,(H,19,23)(H,21,22). The number of carbonyl (C=O) groups excluding carboxylic acids is 1. The van der Waals surface area contributed by atoms with Crippen LogP contribution < -0.4 is 10.0 Å². The summed E-state index contributed by atoms with van der Waals surface area (Å²) in [5, 5.41) is 11.4. The Labute approximate surface area is 174 Å². The molecule has 27 heavy (non-hydrogen) atoms. The fourth-order valence-corrected chi connectivity index (χ4v) is 4.61. The number of rotatable bonds is 6. The van der Waals surface area contributed by atoms with Crippen molar-refractivity contribution in [1.82, 2.24) is 10.2 Å². The summed E-state index contributed by atoms with van der Waals surface area (Å²) in [6, 6.07) is 13.1. The lowest BCUT2D eigenvalue weighted by atomic mass is 10.2. The smallest absolute Gasteiger partial charge is 0.263 e. The SMILES string of the molecule is CCc1nnc(NS(=O)(=O)c2ccc(NC(=O)c3cccc(I)c3)cc2)s1. The summed E-state index contributed by atoms with van der Waals surface area (Å²) in [4.78, 5) is 12.3. The van der Waals surface area contributed by atoms with Gasteiger partial charge in [0.25, 0.3) is 15.9 Å². The van der Waals surface area contributed by atoms with Crippen molar-refractivity contribution in [2.24, 2.45) is 0 Å². The highest BCUT2D eigenvalue weighted by atomic mass is 127. The number of nitrogens with one attached hydrogen (secondary N) is 2. The maximum absolute atomic E-state index is 12.4. The number of aromatic nitrogens is 2. The van der Waals surface area contributed by atoms with Crippen LogP contribution in [-0.2, 0) is 16.4 Å². The van der Waals surface area contributed by atoms with Gasteiger partial charge < -0.3 is 5.32 Å². The number of hydrogen-bond acceptors (Lipinski definition) is 6. The summed E-state index contributed by atoms with van der Waals surface area (Å²) in [7, 11) is -3.77. The Bertz CT molecular complexity index is 1070. The van der Waals surface area contributed by atoms with Crippen LogP contribution in [0.4, 0.5) is 10.8 Å². The van der Waals surface area contributed by atoms with Crippen LogP contribution in [0.15, 0.2) is 53.4 Å². The normalized spacial score (nSPS) is 11.2. The fourth-order valence-electron chi connectivity index (χ4n) is 2.16. The molecule has 10 heteroatoms. The summed E-state index contributed by atoms with van der Waals surface area (Å²) in [6.45, 7) is 1.92. The molecule has 0 bridgehead atoms. The molecule has 3 aromatic rings. The molecule has 0 aliphatic carbocycles. The number of carbonyl (C=O) groups is 1. The molecular formula is C17H15IN4O3S2. The van der Waals surface area contributed by atoms with Crippen molar-refractivity contribution in [2.45, 2.75) is 18.2 Å². The van der Waals surface area contributed by atoms with Crippen LogP contribution in [-0.4, -0.2) is 24.5 Å². The third-order valence-electron chi connectivity index (χ3n) is 3.50. The molecule has 0 unspecified atom stereocenters. The van der Waals surface area contributed by atoms with Gasteiger partial charge in [0.2, 0.25) is 5.13 Å². The van der Waals surface area contributed by atoms with E-state index in [1.165, 1.54) is 35.6 Å². The van der Waals surface area contributed by atoms with Gasteiger partial charge in [0.15, 0.2) is 0 Å². The Kier molecular flexibility index (Phi) is 6.07. The molecule has 2 aromatic carbocycles. The van der Waals surface area contributed by atoms with E-state index in [1.807, 2.05) is 13.0 Å². The minimum Gasteiger partial charge on any atom is -0.322 e. The van der Waals surface area contributed by atoms with Gasteiger partial charge in [0.05, 0.1) is 4.90 Å². The Balaban J connectivity index is 1.71. The monoisotopic (exact) mass is 514 g/mol. The molecule has 0 fully saturated rings. The highest BCUT2D eigenvalue weighted by Gasteiger charge is 2.17. The first-order valence-electron chi connectivity index (χ1n) is 7.89. The van der Waals surface area contributed by atoms with Gasteiger partial charge in [-0.25, -0.2) is 8.42 Å². The van der Waals surface area contributed by atoms with Gasteiger partial charge in [-0.15, -0.1) is 10.2 Å². The topological polar surface area (TPSA) is 101 Å². The molecule has 140 valence electrons. The lowest BCUT2D eigenvalue weighted by molar-refractivity contribution is 0.102. The second-order valence-corrected chi connectivity index (χ2v) is 9.44. The molecule has 1 heterocycles. The van der Waals surface area contributed by atoms with Crippen LogP contribution in [0.2, 0.25) is 0 Å². The van der Waals surface area contributed by atoms with E-state index in [4.69, 9.17) is 0 Å². The van der Waals surface area contributed by atoms with E-state index in [9.17, 15) is 13.2 Å². The number of sulfonamides is 1. The highest BCUT2D eigenvalue weighted by Crippen LogP contribution is 2.21. The number of benzene rings is 2. The molecule has 1 aromatic heterocycles. The summed E-state index contributed by atoms with van der Waals surface area (Å²) in [6.07, 6.45) is 0.689. The van der Waals surface area contributed by atoms with Crippen LogP contribution in [0.3, 0.4) is 0 Å². The largest absolute Gasteiger partial charge is 0.322 e. The lowest BCUT2D eigenvalue weighted by Crippen LogP contribution is -2.14. The fraction of sp³-hybridized carbons (Fsp3) is 0.118. The lowest BCUT2D eigenvalue weighted by Gasteiger charge is -2.08.